The number of quaternary nitrogens is 1. The lowest BCUT2D eigenvalue weighted by molar-refractivity contribution is -0.892. The van der Waals surface area contributed by atoms with Crippen molar-refractivity contribution in [2.75, 3.05) is 44.7 Å². The number of benzene rings is 1. The van der Waals surface area contributed by atoms with Crippen LogP contribution < -0.4 is 9.80 Å². The van der Waals surface area contributed by atoms with Crippen molar-refractivity contribution in [3.05, 3.63) is 30.3 Å². The van der Waals surface area contributed by atoms with Crippen molar-refractivity contribution in [3.63, 3.8) is 0 Å². The quantitative estimate of drug-likeness (QED) is 0.891. The first kappa shape index (κ1) is 17.8. The largest absolute Gasteiger partial charge is 0.360 e. The van der Waals surface area contributed by atoms with Gasteiger partial charge in [0, 0.05) is 12.7 Å². The Labute approximate surface area is 150 Å². The number of rotatable bonds is 4. The van der Waals surface area contributed by atoms with Crippen molar-refractivity contribution in [3.8, 4) is 6.07 Å². The molecule has 3 rings (SSSR count). The number of piperazine rings is 1. The fourth-order valence-electron chi connectivity index (χ4n) is 4.13. The maximum atomic E-state index is 12.8. The molecule has 134 valence electrons. The minimum Gasteiger partial charge on any atom is -0.360 e. The molecule has 0 atom stereocenters. The first-order chi connectivity index (χ1) is 12.1. The van der Waals surface area contributed by atoms with Crippen molar-refractivity contribution in [1.82, 2.24) is 4.90 Å². The van der Waals surface area contributed by atoms with E-state index in [1.54, 1.807) is 4.90 Å². The van der Waals surface area contributed by atoms with Gasteiger partial charge in [0.15, 0.2) is 6.54 Å². The summed E-state index contributed by atoms with van der Waals surface area (Å²) in [7, 11) is 1.83. The number of carbonyl (C=O) groups excluding carboxylic acids is 1. The van der Waals surface area contributed by atoms with Gasteiger partial charge in [-0.05, 0) is 25.0 Å². The van der Waals surface area contributed by atoms with E-state index in [2.05, 4.69) is 35.2 Å². The molecular formula is C20H29N4O+. The standard InChI is InChI=1S/C20H28N4O/c1-22(20(17-21)10-6-3-7-11-20)19(25)16-23-12-14-24(15-13-23)18-8-4-2-5-9-18/h2,4-5,8-9H,3,6-7,10-16H2,1H3/p+1. The fourth-order valence-corrected chi connectivity index (χ4v) is 4.13. The minimum absolute atomic E-state index is 0.117. The first-order valence-electron chi connectivity index (χ1n) is 9.46. The van der Waals surface area contributed by atoms with Gasteiger partial charge in [-0.2, -0.15) is 5.26 Å². The number of nitriles is 1. The fraction of sp³-hybridized carbons (Fsp3) is 0.600. The number of likely N-dealkylation sites (N-methyl/N-ethyl adjacent to an activating group) is 1. The van der Waals surface area contributed by atoms with Crippen LogP contribution in [0.25, 0.3) is 0 Å². The zero-order valence-corrected chi connectivity index (χ0v) is 15.2. The van der Waals surface area contributed by atoms with Gasteiger partial charge in [0.25, 0.3) is 5.91 Å². The molecule has 0 aromatic heterocycles. The summed E-state index contributed by atoms with van der Waals surface area (Å²) < 4.78 is 0. The molecule has 2 fully saturated rings. The summed E-state index contributed by atoms with van der Waals surface area (Å²) in [4.78, 5) is 18.2. The molecule has 5 heteroatoms. The molecule has 2 aliphatic rings. The van der Waals surface area contributed by atoms with Crippen molar-refractivity contribution in [2.24, 2.45) is 0 Å². The van der Waals surface area contributed by atoms with Crippen LogP contribution in [0, 0.1) is 11.3 Å². The molecule has 1 saturated heterocycles. The van der Waals surface area contributed by atoms with Crippen molar-refractivity contribution >= 4 is 11.6 Å². The van der Waals surface area contributed by atoms with Gasteiger partial charge in [-0.15, -0.1) is 0 Å². The molecule has 1 aliphatic carbocycles. The average Bonchev–Trinajstić information content (AvgIpc) is 2.69. The van der Waals surface area contributed by atoms with Crippen LogP contribution in [0.2, 0.25) is 0 Å². The second kappa shape index (κ2) is 7.88. The molecule has 1 aromatic rings. The predicted molar refractivity (Wildman–Crippen MR) is 98.4 cm³/mol. The van der Waals surface area contributed by atoms with E-state index in [1.807, 2.05) is 13.1 Å². The molecule has 1 saturated carbocycles. The molecule has 1 aliphatic heterocycles. The zero-order valence-electron chi connectivity index (χ0n) is 15.2. The van der Waals surface area contributed by atoms with E-state index in [0.717, 1.165) is 51.9 Å². The van der Waals surface area contributed by atoms with Crippen molar-refractivity contribution in [2.45, 2.75) is 37.6 Å². The number of nitrogens with one attached hydrogen (secondary N) is 1. The van der Waals surface area contributed by atoms with Crippen LogP contribution >= 0.6 is 0 Å². The molecule has 1 heterocycles. The number of anilines is 1. The Morgan fingerprint density at radius 2 is 1.84 bits per heavy atom. The van der Waals surface area contributed by atoms with Crippen LogP contribution in [0.1, 0.15) is 32.1 Å². The topological polar surface area (TPSA) is 51.8 Å². The Hall–Kier alpha value is -2.06. The summed E-state index contributed by atoms with van der Waals surface area (Å²) in [5.74, 6) is 0.117. The van der Waals surface area contributed by atoms with Gasteiger partial charge < -0.3 is 14.7 Å². The number of amides is 1. The Kier molecular flexibility index (Phi) is 5.60. The van der Waals surface area contributed by atoms with Crippen LogP contribution in [0.5, 0.6) is 0 Å². The lowest BCUT2D eigenvalue weighted by Crippen LogP contribution is -3.16. The normalized spacial score (nSPS) is 20.7. The van der Waals surface area contributed by atoms with Crippen LogP contribution in [0.4, 0.5) is 5.69 Å². The number of carbonyl (C=O) groups is 1. The van der Waals surface area contributed by atoms with Crippen LogP contribution in [0.15, 0.2) is 30.3 Å². The van der Waals surface area contributed by atoms with Gasteiger partial charge in [-0.3, -0.25) is 4.79 Å². The highest BCUT2D eigenvalue weighted by molar-refractivity contribution is 5.78. The first-order valence-corrected chi connectivity index (χ1v) is 9.46. The molecule has 5 nitrogen and oxygen atoms in total. The second-order valence-corrected chi connectivity index (χ2v) is 7.41. The molecule has 1 aromatic carbocycles. The SMILES string of the molecule is CN(C(=O)C[NH+]1CCN(c2ccccc2)CC1)C1(C#N)CCCCC1. The smallest absolute Gasteiger partial charge is 0.278 e. The van der Waals surface area contributed by atoms with Gasteiger partial charge >= 0.3 is 0 Å². The van der Waals surface area contributed by atoms with E-state index < -0.39 is 5.54 Å². The maximum Gasteiger partial charge on any atom is 0.278 e. The highest BCUT2D eigenvalue weighted by atomic mass is 16.2. The van der Waals surface area contributed by atoms with Gasteiger partial charge in [-0.25, -0.2) is 0 Å². The number of para-hydroxylation sites is 1. The number of hydrogen-bond acceptors (Lipinski definition) is 3. The third kappa shape index (κ3) is 3.96. The minimum atomic E-state index is -0.569. The summed E-state index contributed by atoms with van der Waals surface area (Å²) in [6.07, 6.45) is 4.92. The van der Waals surface area contributed by atoms with E-state index in [-0.39, 0.29) is 5.91 Å². The number of hydrogen-bond donors (Lipinski definition) is 1. The Balaban J connectivity index is 1.53. The van der Waals surface area contributed by atoms with E-state index >= 15 is 0 Å². The van der Waals surface area contributed by atoms with Crippen molar-refractivity contribution in [1.29, 1.82) is 5.26 Å². The molecule has 0 spiro atoms. The Morgan fingerprint density at radius 1 is 1.20 bits per heavy atom. The number of nitrogens with zero attached hydrogens (tertiary/aromatic N) is 3. The summed E-state index contributed by atoms with van der Waals surface area (Å²) in [5, 5.41) is 9.67. The zero-order chi connectivity index (χ0) is 17.7. The highest BCUT2D eigenvalue weighted by Gasteiger charge is 2.39. The lowest BCUT2D eigenvalue weighted by Gasteiger charge is -2.40. The van der Waals surface area contributed by atoms with Gasteiger partial charge in [0.2, 0.25) is 0 Å². The molecule has 1 N–H and O–H groups in total. The van der Waals surface area contributed by atoms with E-state index in [0.29, 0.717) is 6.54 Å². The van der Waals surface area contributed by atoms with Crippen LogP contribution in [-0.4, -0.2) is 56.1 Å². The summed E-state index contributed by atoms with van der Waals surface area (Å²) in [5.41, 5.74) is 0.691. The Bertz CT molecular complexity index is 610. The second-order valence-electron chi connectivity index (χ2n) is 7.41. The van der Waals surface area contributed by atoms with E-state index in [1.165, 1.54) is 17.0 Å². The summed E-state index contributed by atoms with van der Waals surface area (Å²) in [6.45, 7) is 4.38. The summed E-state index contributed by atoms with van der Waals surface area (Å²) in [6, 6.07) is 12.9. The van der Waals surface area contributed by atoms with Gasteiger partial charge in [0.1, 0.15) is 5.54 Å². The van der Waals surface area contributed by atoms with E-state index in [9.17, 15) is 10.1 Å². The highest BCUT2D eigenvalue weighted by Crippen LogP contribution is 2.32. The van der Waals surface area contributed by atoms with Gasteiger partial charge in [-0.1, -0.05) is 37.5 Å². The van der Waals surface area contributed by atoms with Crippen LogP contribution in [0.3, 0.4) is 0 Å². The van der Waals surface area contributed by atoms with Gasteiger partial charge in [0.05, 0.1) is 32.2 Å². The molecular weight excluding hydrogens is 312 g/mol. The third-order valence-electron chi connectivity index (χ3n) is 5.90. The lowest BCUT2D eigenvalue weighted by atomic mass is 9.81. The van der Waals surface area contributed by atoms with Crippen LogP contribution in [-0.2, 0) is 4.79 Å². The maximum absolute atomic E-state index is 12.8. The molecule has 0 radical (unpaired) electrons. The molecule has 0 unspecified atom stereocenters. The Morgan fingerprint density at radius 3 is 2.44 bits per heavy atom. The summed E-state index contributed by atoms with van der Waals surface area (Å²) >= 11 is 0. The molecule has 0 bridgehead atoms. The average molecular weight is 341 g/mol. The third-order valence-corrected chi connectivity index (χ3v) is 5.90. The molecule has 1 amide bonds. The van der Waals surface area contributed by atoms with E-state index in [4.69, 9.17) is 0 Å². The predicted octanol–water partition coefficient (Wildman–Crippen LogP) is 1.08. The van der Waals surface area contributed by atoms with Crippen molar-refractivity contribution < 1.29 is 9.69 Å². The monoisotopic (exact) mass is 341 g/mol. The molecule has 25 heavy (non-hydrogen) atoms.